The van der Waals surface area contributed by atoms with Gasteiger partial charge in [-0.1, -0.05) is 18.2 Å². The number of nitrogens with one attached hydrogen (secondary N) is 1. The molecule has 2 aliphatic rings. The fraction of sp³-hybridized carbons (Fsp3) is 0.360. The van der Waals surface area contributed by atoms with Crippen molar-refractivity contribution in [3.63, 3.8) is 0 Å². The summed E-state index contributed by atoms with van der Waals surface area (Å²) in [5, 5.41) is 3.47. The average Bonchev–Trinajstić information content (AvgIpc) is 3.23. The number of nitrogens with zero attached hydrogens (tertiary/aromatic N) is 2. The number of anilines is 2. The van der Waals surface area contributed by atoms with Gasteiger partial charge >= 0.3 is 0 Å². The van der Waals surface area contributed by atoms with Crippen molar-refractivity contribution in [3.05, 3.63) is 59.3 Å². The predicted molar refractivity (Wildman–Crippen MR) is 124 cm³/mol. The molecule has 2 heterocycles. The maximum absolute atomic E-state index is 13.8. The van der Waals surface area contributed by atoms with Gasteiger partial charge in [0, 0.05) is 42.0 Å². The first kappa shape index (κ1) is 21.0. The number of allylic oxidation sites excluding steroid dienone is 1. The third kappa shape index (κ3) is 3.56. The van der Waals surface area contributed by atoms with Crippen molar-refractivity contribution in [1.29, 1.82) is 0 Å². The number of hydrogen-bond donors (Lipinski definition) is 1. The molecule has 0 radical (unpaired) electrons. The van der Waals surface area contributed by atoms with Crippen molar-refractivity contribution in [2.24, 2.45) is 4.99 Å². The fourth-order valence-electron chi connectivity index (χ4n) is 4.24. The molecule has 0 atom stereocenters. The molecule has 0 unspecified atom stereocenters. The zero-order valence-electron chi connectivity index (χ0n) is 18.9. The smallest absolute Gasteiger partial charge is 0.193 e. The molecule has 1 fully saturated rings. The number of benzene rings is 2. The molecular formula is C25H29N3O3. The van der Waals surface area contributed by atoms with Crippen molar-refractivity contribution < 1.29 is 14.3 Å². The Morgan fingerprint density at radius 1 is 1.06 bits per heavy atom. The van der Waals surface area contributed by atoms with E-state index < -0.39 is 5.54 Å². The average molecular weight is 420 g/mol. The monoisotopic (exact) mass is 419 g/mol. The van der Waals surface area contributed by atoms with Gasteiger partial charge in [0.2, 0.25) is 0 Å². The van der Waals surface area contributed by atoms with E-state index in [2.05, 4.69) is 11.4 Å². The number of hydrogen-bond acceptors (Lipinski definition) is 5. The quantitative estimate of drug-likeness (QED) is 0.734. The number of carbonyl (C=O) groups is 1. The Morgan fingerprint density at radius 3 is 2.29 bits per heavy atom. The molecule has 6 heteroatoms. The molecule has 0 saturated carbocycles. The van der Waals surface area contributed by atoms with E-state index in [1.54, 1.807) is 14.2 Å². The van der Waals surface area contributed by atoms with Crippen molar-refractivity contribution in [2.45, 2.75) is 45.7 Å². The molecular weight excluding hydrogens is 390 g/mol. The fourth-order valence-corrected chi connectivity index (χ4v) is 4.24. The van der Waals surface area contributed by atoms with Crippen LogP contribution in [0.25, 0.3) is 0 Å². The highest BCUT2D eigenvalue weighted by Gasteiger charge is 2.50. The van der Waals surface area contributed by atoms with Gasteiger partial charge in [-0.15, -0.1) is 0 Å². The summed E-state index contributed by atoms with van der Waals surface area (Å²) >= 11 is 0. The van der Waals surface area contributed by atoms with Crippen molar-refractivity contribution >= 4 is 23.0 Å². The standard InChI is InChI=1S/C25H29N3O3/c1-15(2)26-24-22(21-11-16-9-7-8-10-20(16)27-21)23(29)25(3,4)28(24)17-12-18(30-5)14-19(13-17)31-6/h7-10,12-15,27H,11H2,1-6H3. The molecule has 0 aromatic heterocycles. The lowest BCUT2D eigenvalue weighted by molar-refractivity contribution is -0.118. The molecule has 2 aromatic carbocycles. The van der Waals surface area contributed by atoms with Crippen LogP contribution in [0.5, 0.6) is 11.5 Å². The van der Waals surface area contributed by atoms with Crippen LogP contribution in [0.15, 0.2) is 58.7 Å². The largest absolute Gasteiger partial charge is 0.497 e. The number of ketones is 1. The van der Waals surface area contributed by atoms with Crippen molar-refractivity contribution in [3.8, 4) is 11.5 Å². The number of amidine groups is 1. The highest BCUT2D eigenvalue weighted by Crippen LogP contribution is 2.42. The summed E-state index contributed by atoms with van der Waals surface area (Å²) < 4.78 is 11.0. The predicted octanol–water partition coefficient (Wildman–Crippen LogP) is 4.60. The first-order valence-electron chi connectivity index (χ1n) is 10.5. The number of para-hydroxylation sites is 1. The summed E-state index contributed by atoms with van der Waals surface area (Å²) in [5.41, 5.74) is 3.76. The minimum atomic E-state index is -0.816. The van der Waals surface area contributed by atoms with E-state index in [1.165, 1.54) is 5.56 Å². The van der Waals surface area contributed by atoms with Gasteiger partial charge in [0.1, 0.15) is 22.9 Å². The van der Waals surface area contributed by atoms with Gasteiger partial charge in [-0.05, 0) is 39.3 Å². The normalized spacial score (nSPS) is 20.9. The van der Waals surface area contributed by atoms with Crippen LogP contribution < -0.4 is 19.7 Å². The van der Waals surface area contributed by atoms with E-state index in [0.717, 1.165) is 17.1 Å². The lowest BCUT2D eigenvalue weighted by atomic mass is 9.96. The Labute approximate surface area is 183 Å². The zero-order chi connectivity index (χ0) is 22.3. The SMILES string of the molecule is COc1cc(OC)cc(N2C(=NC(C)C)C(=C3Cc4ccccc4N3)C(=O)C2(C)C)c1. The van der Waals surface area contributed by atoms with Crippen molar-refractivity contribution in [1.82, 2.24) is 0 Å². The van der Waals surface area contributed by atoms with E-state index in [1.807, 2.05) is 69.0 Å². The minimum absolute atomic E-state index is 0.0195. The van der Waals surface area contributed by atoms with Crippen LogP contribution in [0.1, 0.15) is 33.3 Å². The summed E-state index contributed by atoms with van der Waals surface area (Å²) in [4.78, 5) is 20.7. The number of aliphatic imine (C=N–C) groups is 1. The van der Waals surface area contributed by atoms with E-state index >= 15 is 0 Å². The van der Waals surface area contributed by atoms with E-state index in [0.29, 0.717) is 29.3 Å². The topological polar surface area (TPSA) is 63.2 Å². The van der Waals surface area contributed by atoms with Gasteiger partial charge in [0.15, 0.2) is 5.78 Å². The molecule has 0 spiro atoms. The van der Waals surface area contributed by atoms with Crippen LogP contribution in [-0.4, -0.2) is 37.4 Å². The first-order valence-corrected chi connectivity index (χ1v) is 10.5. The second-order valence-corrected chi connectivity index (χ2v) is 8.65. The highest BCUT2D eigenvalue weighted by molar-refractivity contribution is 6.37. The van der Waals surface area contributed by atoms with Gasteiger partial charge < -0.3 is 19.7 Å². The molecule has 0 aliphatic carbocycles. The van der Waals surface area contributed by atoms with E-state index in [-0.39, 0.29) is 11.8 Å². The molecule has 0 amide bonds. The highest BCUT2D eigenvalue weighted by atomic mass is 16.5. The summed E-state index contributed by atoms with van der Waals surface area (Å²) in [6.07, 6.45) is 0.680. The number of methoxy groups -OCH3 is 2. The zero-order valence-corrected chi connectivity index (χ0v) is 18.9. The number of fused-ring (bicyclic) bond motifs is 1. The summed E-state index contributed by atoms with van der Waals surface area (Å²) in [5.74, 6) is 2.04. The summed E-state index contributed by atoms with van der Waals surface area (Å²) in [6.45, 7) is 7.91. The minimum Gasteiger partial charge on any atom is -0.497 e. The third-order valence-electron chi connectivity index (χ3n) is 5.72. The molecule has 2 aromatic rings. The Morgan fingerprint density at radius 2 is 1.71 bits per heavy atom. The van der Waals surface area contributed by atoms with Crippen LogP contribution in [0, 0.1) is 0 Å². The molecule has 162 valence electrons. The third-order valence-corrected chi connectivity index (χ3v) is 5.72. The van der Waals surface area contributed by atoms with Gasteiger partial charge in [-0.3, -0.25) is 9.79 Å². The maximum atomic E-state index is 13.8. The van der Waals surface area contributed by atoms with Gasteiger partial charge in [-0.25, -0.2) is 0 Å². The lowest BCUT2D eigenvalue weighted by Crippen LogP contribution is -2.45. The van der Waals surface area contributed by atoms with Gasteiger partial charge in [0.05, 0.1) is 25.5 Å². The summed E-state index contributed by atoms with van der Waals surface area (Å²) in [7, 11) is 3.24. The second kappa shape index (κ2) is 7.76. The van der Waals surface area contributed by atoms with Crippen LogP contribution in [0.4, 0.5) is 11.4 Å². The van der Waals surface area contributed by atoms with Crippen LogP contribution in [0.3, 0.4) is 0 Å². The first-order chi connectivity index (χ1) is 14.8. The summed E-state index contributed by atoms with van der Waals surface area (Å²) in [6, 6.07) is 13.8. The Balaban J connectivity index is 1.91. The lowest BCUT2D eigenvalue weighted by Gasteiger charge is -2.32. The second-order valence-electron chi connectivity index (χ2n) is 8.65. The molecule has 6 nitrogen and oxygen atoms in total. The van der Waals surface area contributed by atoms with Crippen molar-refractivity contribution in [2.75, 3.05) is 24.4 Å². The number of rotatable bonds is 4. The molecule has 4 rings (SSSR count). The number of carbonyl (C=O) groups excluding carboxylic acids is 1. The molecule has 1 saturated heterocycles. The molecule has 0 bridgehead atoms. The van der Waals surface area contributed by atoms with Gasteiger partial charge in [0.25, 0.3) is 0 Å². The molecule has 2 aliphatic heterocycles. The van der Waals surface area contributed by atoms with Crippen LogP contribution in [-0.2, 0) is 11.2 Å². The Bertz CT molecular complexity index is 1050. The Kier molecular flexibility index (Phi) is 5.25. The number of ether oxygens (including phenoxy) is 2. The van der Waals surface area contributed by atoms with E-state index in [4.69, 9.17) is 14.5 Å². The maximum Gasteiger partial charge on any atom is 0.193 e. The van der Waals surface area contributed by atoms with Gasteiger partial charge in [-0.2, -0.15) is 0 Å². The number of Topliss-reactive ketones (excluding diaryl/α,β-unsaturated/α-hetero) is 1. The van der Waals surface area contributed by atoms with E-state index in [9.17, 15) is 4.79 Å². The Hall–Kier alpha value is -3.28. The molecule has 31 heavy (non-hydrogen) atoms. The van der Waals surface area contributed by atoms with Crippen LogP contribution >= 0.6 is 0 Å². The molecule has 1 N–H and O–H groups in total. The van der Waals surface area contributed by atoms with Crippen LogP contribution in [0.2, 0.25) is 0 Å².